The molecule has 0 radical (unpaired) electrons. The normalized spacial score (nSPS) is 24.8. The Kier molecular flexibility index (Phi) is 4.49. The summed E-state index contributed by atoms with van der Waals surface area (Å²) in [5.74, 6) is 2.55. The maximum atomic E-state index is 5.55. The smallest absolute Gasteiger partial charge is 0.131 e. The van der Waals surface area contributed by atoms with Crippen molar-refractivity contribution in [1.29, 1.82) is 0 Å². The van der Waals surface area contributed by atoms with Gasteiger partial charge in [-0.2, -0.15) is 0 Å². The van der Waals surface area contributed by atoms with E-state index in [9.17, 15) is 0 Å². The van der Waals surface area contributed by atoms with Crippen LogP contribution < -0.4 is 5.73 Å². The summed E-state index contributed by atoms with van der Waals surface area (Å²) in [5, 5.41) is 0. The minimum Gasteiger partial charge on any atom is -0.326 e. The van der Waals surface area contributed by atoms with Gasteiger partial charge in [0.05, 0.1) is 0 Å². The van der Waals surface area contributed by atoms with Crippen LogP contribution in [0, 0.1) is 5.92 Å². The predicted molar refractivity (Wildman–Crippen MR) is 69.5 cm³/mol. The summed E-state index contributed by atoms with van der Waals surface area (Å²) in [5.41, 5.74) is 6.57. The van der Waals surface area contributed by atoms with Crippen LogP contribution in [0.15, 0.2) is 12.4 Å². The molecule has 1 aliphatic carbocycles. The van der Waals surface area contributed by atoms with Gasteiger partial charge in [0.25, 0.3) is 0 Å². The largest absolute Gasteiger partial charge is 0.326 e. The van der Waals surface area contributed by atoms with E-state index in [4.69, 9.17) is 5.73 Å². The van der Waals surface area contributed by atoms with Crippen molar-refractivity contribution < 1.29 is 0 Å². The lowest BCUT2D eigenvalue weighted by molar-refractivity contribution is 0.302. The lowest BCUT2D eigenvalue weighted by Crippen LogP contribution is -2.15. The van der Waals surface area contributed by atoms with Crippen LogP contribution in [0.3, 0.4) is 0 Å². The number of hydrogen-bond donors (Lipinski definition) is 1. The Labute approximate surface area is 104 Å². The molecule has 0 spiro atoms. The highest BCUT2D eigenvalue weighted by atomic mass is 14.9. The minimum atomic E-state index is 0.531. The number of rotatable bonds is 4. The van der Waals surface area contributed by atoms with Gasteiger partial charge in [0, 0.05) is 30.4 Å². The Morgan fingerprint density at radius 1 is 1.18 bits per heavy atom. The molecule has 1 heterocycles. The van der Waals surface area contributed by atoms with Crippen LogP contribution in [0.4, 0.5) is 0 Å². The molecule has 1 saturated carbocycles. The second kappa shape index (κ2) is 6.10. The molecule has 0 amide bonds. The van der Waals surface area contributed by atoms with Gasteiger partial charge in [0.15, 0.2) is 0 Å². The van der Waals surface area contributed by atoms with Gasteiger partial charge in [0.2, 0.25) is 0 Å². The molecule has 0 saturated heterocycles. The van der Waals surface area contributed by atoms with Gasteiger partial charge in [-0.1, -0.05) is 19.8 Å². The molecule has 94 valence electrons. The third-order valence-electron chi connectivity index (χ3n) is 3.87. The fraction of sp³-hybridized carbons (Fsp3) is 0.714. The second-order valence-corrected chi connectivity index (χ2v) is 5.16. The highest BCUT2D eigenvalue weighted by Gasteiger charge is 2.23. The van der Waals surface area contributed by atoms with Crippen molar-refractivity contribution in [3.05, 3.63) is 23.8 Å². The minimum absolute atomic E-state index is 0.531. The van der Waals surface area contributed by atoms with Crippen molar-refractivity contribution in [2.24, 2.45) is 11.7 Å². The zero-order chi connectivity index (χ0) is 12.1. The molecule has 1 fully saturated rings. The Bertz CT molecular complexity index is 326. The first-order valence-electron chi connectivity index (χ1n) is 6.84. The van der Waals surface area contributed by atoms with E-state index in [1.807, 2.05) is 12.4 Å². The van der Waals surface area contributed by atoms with E-state index in [2.05, 4.69) is 16.9 Å². The second-order valence-electron chi connectivity index (χ2n) is 5.16. The molecule has 0 aromatic carbocycles. The third-order valence-corrected chi connectivity index (χ3v) is 3.87. The molecule has 0 atom stereocenters. The first kappa shape index (κ1) is 12.5. The average molecular weight is 233 g/mol. The summed E-state index contributed by atoms with van der Waals surface area (Å²) in [6.07, 6.45) is 11.7. The average Bonchev–Trinajstić information content (AvgIpc) is 2.40. The summed E-state index contributed by atoms with van der Waals surface area (Å²) in [4.78, 5) is 8.91. The van der Waals surface area contributed by atoms with E-state index >= 15 is 0 Å². The van der Waals surface area contributed by atoms with Crippen molar-refractivity contribution in [1.82, 2.24) is 9.97 Å². The first-order valence-corrected chi connectivity index (χ1v) is 6.84. The van der Waals surface area contributed by atoms with Crippen molar-refractivity contribution in [3.63, 3.8) is 0 Å². The van der Waals surface area contributed by atoms with Gasteiger partial charge < -0.3 is 5.73 Å². The van der Waals surface area contributed by atoms with Gasteiger partial charge in [-0.25, -0.2) is 9.97 Å². The van der Waals surface area contributed by atoms with Crippen molar-refractivity contribution in [3.8, 4) is 0 Å². The van der Waals surface area contributed by atoms with E-state index in [0.717, 1.165) is 17.3 Å². The van der Waals surface area contributed by atoms with Crippen molar-refractivity contribution >= 4 is 0 Å². The van der Waals surface area contributed by atoms with Crippen LogP contribution in [-0.4, -0.2) is 9.97 Å². The lowest BCUT2D eigenvalue weighted by atomic mass is 9.80. The van der Waals surface area contributed by atoms with Crippen molar-refractivity contribution in [2.45, 2.75) is 57.9 Å². The van der Waals surface area contributed by atoms with Gasteiger partial charge >= 0.3 is 0 Å². The molecular weight excluding hydrogens is 210 g/mol. The fourth-order valence-corrected chi connectivity index (χ4v) is 2.80. The molecule has 0 bridgehead atoms. The molecular formula is C14H23N3. The lowest BCUT2D eigenvalue weighted by Gasteiger charge is -2.27. The van der Waals surface area contributed by atoms with Gasteiger partial charge in [-0.15, -0.1) is 0 Å². The maximum absolute atomic E-state index is 5.55. The Hall–Kier alpha value is -0.960. The quantitative estimate of drug-likeness (QED) is 0.869. The van der Waals surface area contributed by atoms with Crippen molar-refractivity contribution in [2.75, 3.05) is 0 Å². The van der Waals surface area contributed by atoms with Gasteiger partial charge in [-0.05, 0) is 31.6 Å². The maximum Gasteiger partial charge on any atom is 0.131 e. The Morgan fingerprint density at radius 2 is 1.82 bits per heavy atom. The van der Waals surface area contributed by atoms with Gasteiger partial charge in [-0.3, -0.25) is 0 Å². The van der Waals surface area contributed by atoms with Crippen LogP contribution >= 0.6 is 0 Å². The molecule has 1 aromatic rings. The molecule has 3 heteroatoms. The third kappa shape index (κ3) is 3.25. The number of nitrogens with two attached hydrogens (primary N) is 1. The topological polar surface area (TPSA) is 51.8 Å². The van der Waals surface area contributed by atoms with Crippen LogP contribution in [0.1, 0.15) is 62.8 Å². The molecule has 2 N–H and O–H groups in total. The molecule has 0 aliphatic heterocycles. The van der Waals surface area contributed by atoms with Crippen LogP contribution in [0.25, 0.3) is 0 Å². The van der Waals surface area contributed by atoms with E-state index in [-0.39, 0.29) is 0 Å². The molecule has 17 heavy (non-hydrogen) atoms. The predicted octanol–water partition coefficient (Wildman–Crippen LogP) is 3.01. The summed E-state index contributed by atoms with van der Waals surface area (Å²) >= 11 is 0. The molecule has 1 aromatic heterocycles. The SMILES string of the molecule is CCCC1CCC(c2ncc(CN)cn2)CC1. The fourth-order valence-electron chi connectivity index (χ4n) is 2.80. The summed E-state index contributed by atoms with van der Waals surface area (Å²) in [7, 11) is 0. The number of hydrogen-bond acceptors (Lipinski definition) is 3. The zero-order valence-corrected chi connectivity index (χ0v) is 10.7. The molecule has 3 nitrogen and oxygen atoms in total. The molecule has 1 aliphatic rings. The van der Waals surface area contributed by atoms with Gasteiger partial charge in [0.1, 0.15) is 5.82 Å². The zero-order valence-electron chi connectivity index (χ0n) is 10.7. The Morgan fingerprint density at radius 3 is 2.35 bits per heavy atom. The number of nitrogens with zero attached hydrogens (tertiary/aromatic N) is 2. The van der Waals surface area contributed by atoms with E-state index in [0.29, 0.717) is 12.5 Å². The first-order chi connectivity index (χ1) is 8.33. The molecule has 0 unspecified atom stereocenters. The van der Waals surface area contributed by atoms with Crippen LogP contribution in [0.5, 0.6) is 0 Å². The summed E-state index contributed by atoms with van der Waals surface area (Å²) in [6, 6.07) is 0. The highest BCUT2D eigenvalue weighted by Crippen LogP contribution is 2.35. The standard InChI is InChI=1S/C14H23N3/c1-2-3-11-4-6-13(7-5-11)14-16-9-12(8-15)10-17-14/h9-11,13H,2-8,15H2,1H3. The highest BCUT2D eigenvalue weighted by molar-refractivity contribution is 5.07. The molecule has 2 rings (SSSR count). The monoisotopic (exact) mass is 233 g/mol. The summed E-state index contributed by atoms with van der Waals surface area (Å²) < 4.78 is 0. The van der Waals surface area contributed by atoms with Crippen LogP contribution in [-0.2, 0) is 6.54 Å². The summed E-state index contributed by atoms with van der Waals surface area (Å²) in [6.45, 7) is 2.81. The Balaban J connectivity index is 1.91. The number of aromatic nitrogens is 2. The van der Waals surface area contributed by atoms with Crippen LogP contribution in [0.2, 0.25) is 0 Å². The van der Waals surface area contributed by atoms with E-state index < -0.39 is 0 Å². The van der Waals surface area contributed by atoms with E-state index in [1.165, 1.54) is 38.5 Å². The van der Waals surface area contributed by atoms with E-state index in [1.54, 1.807) is 0 Å².